The third-order valence-electron chi connectivity index (χ3n) is 2.18. The zero-order chi connectivity index (χ0) is 8.97. The summed E-state index contributed by atoms with van der Waals surface area (Å²) in [7, 11) is 0. The Morgan fingerprint density at radius 2 is 2.50 bits per heavy atom. The Labute approximate surface area is 72.6 Å². The van der Waals surface area contributed by atoms with Gasteiger partial charge in [-0.05, 0) is 6.42 Å². The van der Waals surface area contributed by atoms with Gasteiger partial charge in [-0.25, -0.2) is 0 Å². The fourth-order valence-electron chi connectivity index (χ4n) is 1.48. The van der Waals surface area contributed by atoms with Crippen LogP contribution in [0.5, 0.6) is 0 Å². The van der Waals surface area contributed by atoms with E-state index >= 15 is 0 Å². The number of nitrogens with one attached hydrogen (secondary N) is 1. The molecular formula is C8H16N2O2. The summed E-state index contributed by atoms with van der Waals surface area (Å²) in [6, 6.07) is 0.376. The van der Waals surface area contributed by atoms with E-state index in [9.17, 15) is 4.79 Å². The van der Waals surface area contributed by atoms with Crippen molar-refractivity contribution in [3.63, 3.8) is 0 Å². The van der Waals surface area contributed by atoms with Gasteiger partial charge in [0, 0.05) is 32.6 Å². The van der Waals surface area contributed by atoms with Crippen LogP contribution < -0.4 is 5.32 Å². The highest BCUT2D eigenvalue weighted by Crippen LogP contribution is 2.08. The van der Waals surface area contributed by atoms with E-state index in [0.717, 1.165) is 19.5 Å². The van der Waals surface area contributed by atoms with Crippen molar-refractivity contribution < 1.29 is 9.90 Å². The van der Waals surface area contributed by atoms with Crippen LogP contribution in [-0.2, 0) is 4.79 Å². The molecule has 1 aliphatic heterocycles. The summed E-state index contributed by atoms with van der Waals surface area (Å²) in [6.45, 7) is 4.01. The first kappa shape index (κ1) is 9.48. The Bertz CT molecular complexity index is 161. The van der Waals surface area contributed by atoms with Crippen molar-refractivity contribution >= 4 is 5.91 Å². The molecule has 0 saturated carbocycles. The number of hydrogen-bond donors (Lipinski definition) is 2. The zero-order valence-electron chi connectivity index (χ0n) is 7.42. The molecule has 0 spiro atoms. The molecule has 4 nitrogen and oxygen atoms in total. The Balaban J connectivity index is 2.21. The Morgan fingerprint density at radius 1 is 1.75 bits per heavy atom. The first-order chi connectivity index (χ1) is 5.74. The summed E-state index contributed by atoms with van der Waals surface area (Å²) in [4.78, 5) is 12.7. The molecule has 12 heavy (non-hydrogen) atoms. The van der Waals surface area contributed by atoms with Crippen LogP contribution in [0, 0.1) is 0 Å². The molecular weight excluding hydrogens is 156 g/mol. The predicted octanol–water partition coefficient (Wildman–Crippen LogP) is -0.811. The highest BCUT2D eigenvalue weighted by Gasteiger charge is 2.22. The lowest BCUT2D eigenvalue weighted by Crippen LogP contribution is -2.35. The number of amides is 1. The topological polar surface area (TPSA) is 52.6 Å². The molecule has 1 fully saturated rings. The second-order valence-electron chi connectivity index (χ2n) is 3.13. The predicted molar refractivity (Wildman–Crippen MR) is 45.7 cm³/mol. The summed E-state index contributed by atoms with van der Waals surface area (Å²) in [5.74, 6) is 0.142. The summed E-state index contributed by atoms with van der Waals surface area (Å²) in [6.07, 6.45) is 1.000. The molecule has 0 aliphatic carbocycles. The van der Waals surface area contributed by atoms with E-state index in [1.165, 1.54) is 0 Å². The Kier molecular flexibility index (Phi) is 3.49. The lowest BCUT2D eigenvalue weighted by molar-refractivity contribution is -0.127. The smallest absolute Gasteiger partial charge is 0.219 e. The van der Waals surface area contributed by atoms with Gasteiger partial charge in [0.2, 0.25) is 5.91 Å². The largest absolute Gasteiger partial charge is 0.395 e. The molecule has 0 aromatic carbocycles. The quantitative estimate of drug-likeness (QED) is 0.585. The molecule has 1 saturated heterocycles. The molecule has 0 bridgehead atoms. The first-order valence-electron chi connectivity index (χ1n) is 4.34. The number of carbonyl (C=O) groups excluding carboxylic acids is 1. The van der Waals surface area contributed by atoms with Crippen molar-refractivity contribution in [2.75, 3.05) is 26.2 Å². The van der Waals surface area contributed by atoms with E-state index in [4.69, 9.17) is 5.11 Å². The molecule has 1 rings (SSSR count). The summed E-state index contributed by atoms with van der Waals surface area (Å²) in [5, 5.41) is 11.7. The lowest BCUT2D eigenvalue weighted by atomic mass is 10.3. The highest BCUT2D eigenvalue weighted by atomic mass is 16.3. The van der Waals surface area contributed by atoms with Crippen LogP contribution in [0.1, 0.15) is 13.3 Å². The van der Waals surface area contributed by atoms with E-state index in [2.05, 4.69) is 5.32 Å². The SMILES string of the molecule is CC(=O)N1CCC(NCCO)C1. The van der Waals surface area contributed by atoms with Crippen LogP contribution in [0.2, 0.25) is 0 Å². The van der Waals surface area contributed by atoms with Gasteiger partial charge in [0.15, 0.2) is 0 Å². The first-order valence-corrected chi connectivity index (χ1v) is 4.34. The van der Waals surface area contributed by atoms with Gasteiger partial charge in [-0.15, -0.1) is 0 Å². The molecule has 4 heteroatoms. The molecule has 1 amide bonds. The number of aliphatic hydroxyl groups excluding tert-OH is 1. The molecule has 0 radical (unpaired) electrons. The molecule has 1 heterocycles. The zero-order valence-corrected chi connectivity index (χ0v) is 7.42. The number of aliphatic hydroxyl groups is 1. The van der Waals surface area contributed by atoms with Crippen molar-refractivity contribution in [1.29, 1.82) is 0 Å². The van der Waals surface area contributed by atoms with Crippen molar-refractivity contribution in [3.8, 4) is 0 Å². The highest BCUT2D eigenvalue weighted by molar-refractivity contribution is 5.73. The van der Waals surface area contributed by atoms with Gasteiger partial charge in [-0.2, -0.15) is 0 Å². The van der Waals surface area contributed by atoms with Crippen molar-refractivity contribution in [2.45, 2.75) is 19.4 Å². The molecule has 0 aromatic heterocycles. The number of rotatable bonds is 3. The van der Waals surface area contributed by atoms with Gasteiger partial charge in [-0.3, -0.25) is 4.79 Å². The summed E-state index contributed by atoms with van der Waals surface area (Å²) in [5.41, 5.74) is 0. The standard InChI is InChI=1S/C8H16N2O2/c1-7(12)10-4-2-8(6-10)9-3-5-11/h8-9,11H,2-6H2,1H3. The number of carbonyl (C=O) groups is 1. The maximum absolute atomic E-state index is 10.9. The van der Waals surface area contributed by atoms with Crippen LogP contribution in [0.15, 0.2) is 0 Å². The fourth-order valence-corrected chi connectivity index (χ4v) is 1.48. The normalized spacial score (nSPS) is 23.2. The Morgan fingerprint density at radius 3 is 3.00 bits per heavy atom. The van der Waals surface area contributed by atoms with Gasteiger partial charge in [-0.1, -0.05) is 0 Å². The summed E-state index contributed by atoms with van der Waals surface area (Å²) >= 11 is 0. The molecule has 1 atom stereocenters. The van der Waals surface area contributed by atoms with Gasteiger partial charge in [0.05, 0.1) is 6.61 Å². The maximum Gasteiger partial charge on any atom is 0.219 e. The maximum atomic E-state index is 10.9. The minimum Gasteiger partial charge on any atom is -0.395 e. The Hall–Kier alpha value is -0.610. The number of nitrogens with zero attached hydrogens (tertiary/aromatic N) is 1. The third-order valence-corrected chi connectivity index (χ3v) is 2.18. The fraction of sp³-hybridized carbons (Fsp3) is 0.875. The molecule has 0 aromatic rings. The molecule has 1 aliphatic rings. The van der Waals surface area contributed by atoms with Crippen molar-refractivity contribution in [3.05, 3.63) is 0 Å². The van der Waals surface area contributed by atoms with Crippen LogP contribution in [0.25, 0.3) is 0 Å². The van der Waals surface area contributed by atoms with Gasteiger partial charge in [0.1, 0.15) is 0 Å². The van der Waals surface area contributed by atoms with Gasteiger partial charge >= 0.3 is 0 Å². The second kappa shape index (κ2) is 4.42. The third kappa shape index (κ3) is 2.46. The summed E-state index contributed by atoms with van der Waals surface area (Å²) < 4.78 is 0. The van der Waals surface area contributed by atoms with Crippen molar-refractivity contribution in [2.24, 2.45) is 0 Å². The van der Waals surface area contributed by atoms with Crippen LogP contribution >= 0.6 is 0 Å². The monoisotopic (exact) mass is 172 g/mol. The molecule has 1 unspecified atom stereocenters. The van der Waals surface area contributed by atoms with Crippen LogP contribution in [0.4, 0.5) is 0 Å². The average molecular weight is 172 g/mol. The van der Waals surface area contributed by atoms with E-state index < -0.39 is 0 Å². The molecule has 70 valence electrons. The molecule has 2 N–H and O–H groups in total. The average Bonchev–Trinajstić information content (AvgIpc) is 2.48. The van der Waals surface area contributed by atoms with E-state index in [-0.39, 0.29) is 12.5 Å². The van der Waals surface area contributed by atoms with Crippen molar-refractivity contribution in [1.82, 2.24) is 10.2 Å². The van der Waals surface area contributed by atoms with Gasteiger partial charge < -0.3 is 15.3 Å². The van der Waals surface area contributed by atoms with E-state index in [1.807, 2.05) is 4.90 Å². The van der Waals surface area contributed by atoms with Crippen LogP contribution in [-0.4, -0.2) is 48.2 Å². The van der Waals surface area contributed by atoms with Gasteiger partial charge in [0.25, 0.3) is 0 Å². The second-order valence-corrected chi connectivity index (χ2v) is 3.13. The van der Waals surface area contributed by atoms with Crippen LogP contribution in [0.3, 0.4) is 0 Å². The minimum atomic E-state index is 0.142. The van der Waals surface area contributed by atoms with E-state index in [0.29, 0.717) is 12.6 Å². The minimum absolute atomic E-state index is 0.142. The number of hydrogen-bond acceptors (Lipinski definition) is 3. The number of likely N-dealkylation sites (tertiary alicyclic amines) is 1. The lowest BCUT2D eigenvalue weighted by Gasteiger charge is -2.14. The van der Waals surface area contributed by atoms with E-state index in [1.54, 1.807) is 6.92 Å².